The molecule has 0 saturated heterocycles. The molecule has 0 saturated carbocycles. The summed E-state index contributed by atoms with van der Waals surface area (Å²) in [7, 11) is -3.34. The molecule has 2 aromatic rings. The van der Waals surface area contributed by atoms with E-state index in [0.29, 0.717) is 21.2 Å². The number of thioether (sulfide) groups is 1. The van der Waals surface area contributed by atoms with Crippen LogP contribution in [0.1, 0.15) is 29.7 Å². The lowest BCUT2D eigenvalue weighted by Gasteiger charge is -2.16. The van der Waals surface area contributed by atoms with Gasteiger partial charge in [-0.15, -0.1) is 11.8 Å². The van der Waals surface area contributed by atoms with Crippen molar-refractivity contribution in [3.8, 4) is 6.07 Å². The molecule has 0 bridgehead atoms. The number of nitrogens with zero attached hydrogens (tertiary/aromatic N) is 2. The highest BCUT2D eigenvalue weighted by Crippen LogP contribution is 2.28. The molecule has 0 N–H and O–H groups in total. The average Bonchev–Trinajstić information content (AvgIpc) is 2.61. The molecule has 1 aliphatic rings. The fraction of sp³-hybridized carbons (Fsp3) is 0.333. The Balaban J connectivity index is 1.71. The van der Waals surface area contributed by atoms with E-state index in [1.807, 2.05) is 6.07 Å². The molecule has 25 heavy (non-hydrogen) atoms. The largest absolute Gasteiger partial charge is 0.245 e. The van der Waals surface area contributed by atoms with Crippen LogP contribution in [0.4, 0.5) is 0 Å². The summed E-state index contributed by atoms with van der Waals surface area (Å²) in [5, 5.41) is 10.0. The fourth-order valence-corrected chi connectivity index (χ4v) is 5.70. The number of nitriles is 1. The molecule has 1 aromatic carbocycles. The van der Waals surface area contributed by atoms with E-state index >= 15 is 0 Å². The van der Waals surface area contributed by atoms with Crippen molar-refractivity contribution in [3.63, 3.8) is 0 Å². The molecule has 0 aliphatic heterocycles. The van der Waals surface area contributed by atoms with Crippen molar-refractivity contribution < 1.29 is 8.42 Å². The summed E-state index contributed by atoms with van der Waals surface area (Å²) in [5.41, 5.74) is 2.77. The van der Waals surface area contributed by atoms with E-state index in [-0.39, 0.29) is 5.75 Å². The standard InChI is InChI=1S/C18H17BrN2O2S2/c19-15-5-7-16(8-6-15)25(22,23)10-9-24-18-14(12-20)11-13-3-1-2-4-17(13)21-18/h5-8,11H,1-4,9-10H2. The Morgan fingerprint density at radius 3 is 2.64 bits per heavy atom. The zero-order valence-electron chi connectivity index (χ0n) is 13.5. The minimum atomic E-state index is -3.34. The second-order valence-electron chi connectivity index (χ2n) is 5.89. The molecule has 0 radical (unpaired) electrons. The SMILES string of the molecule is N#Cc1cc2c(nc1SCCS(=O)(=O)c1ccc(Br)cc1)CCCC2. The third-order valence-corrected chi connectivity index (χ3v) is 7.66. The van der Waals surface area contributed by atoms with Crippen LogP contribution in [0.5, 0.6) is 0 Å². The summed E-state index contributed by atoms with van der Waals surface area (Å²) >= 11 is 4.65. The predicted molar refractivity (Wildman–Crippen MR) is 103 cm³/mol. The van der Waals surface area contributed by atoms with Gasteiger partial charge >= 0.3 is 0 Å². The van der Waals surface area contributed by atoms with Gasteiger partial charge in [0, 0.05) is 15.9 Å². The smallest absolute Gasteiger partial charge is 0.179 e. The highest BCUT2D eigenvalue weighted by molar-refractivity contribution is 9.10. The lowest BCUT2D eigenvalue weighted by Crippen LogP contribution is -2.10. The molecule has 7 heteroatoms. The monoisotopic (exact) mass is 436 g/mol. The quantitative estimate of drug-likeness (QED) is 0.657. The van der Waals surface area contributed by atoms with E-state index in [0.717, 1.165) is 41.4 Å². The number of pyridine rings is 1. The summed E-state index contributed by atoms with van der Waals surface area (Å²) in [6, 6.07) is 10.8. The van der Waals surface area contributed by atoms with Crippen LogP contribution in [0.15, 0.2) is 44.7 Å². The Bertz CT molecular complexity index is 919. The van der Waals surface area contributed by atoms with E-state index in [1.54, 1.807) is 24.3 Å². The lowest BCUT2D eigenvalue weighted by atomic mass is 9.95. The number of benzene rings is 1. The van der Waals surface area contributed by atoms with Crippen molar-refractivity contribution in [3.05, 3.63) is 51.6 Å². The molecule has 0 unspecified atom stereocenters. The number of halogens is 1. The molecule has 1 heterocycles. The Labute approximate surface area is 160 Å². The minimum Gasteiger partial charge on any atom is -0.245 e. The summed E-state index contributed by atoms with van der Waals surface area (Å²) in [6.07, 6.45) is 4.16. The molecular weight excluding hydrogens is 420 g/mol. The van der Waals surface area contributed by atoms with Crippen LogP contribution in [0.25, 0.3) is 0 Å². The van der Waals surface area contributed by atoms with Crippen molar-refractivity contribution in [2.75, 3.05) is 11.5 Å². The van der Waals surface area contributed by atoms with Crippen molar-refractivity contribution in [1.82, 2.24) is 4.98 Å². The zero-order chi connectivity index (χ0) is 17.9. The molecule has 130 valence electrons. The third kappa shape index (κ3) is 4.43. The predicted octanol–water partition coefficient (Wildman–Crippen LogP) is 4.16. The first kappa shape index (κ1) is 18.4. The maximum atomic E-state index is 12.4. The zero-order valence-corrected chi connectivity index (χ0v) is 16.8. The fourth-order valence-electron chi connectivity index (χ4n) is 2.81. The van der Waals surface area contributed by atoms with Crippen LogP contribution in [-0.2, 0) is 22.7 Å². The number of sulfone groups is 1. The van der Waals surface area contributed by atoms with Crippen LogP contribution in [-0.4, -0.2) is 24.9 Å². The highest BCUT2D eigenvalue weighted by atomic mass is 79.9. The number of hydrogen-bond donors (Lipinski definition) is 0. The highest BCUT2D eigenvalue weighted by Gasteiger charge is 2.18. The summed E-state index contributed by atoms with van der Waals surface area (Å²) < 4.78 is 25.7. The molecule has 4 nitrogen and oxygen atoms in total. The molecule has 0 amide bonds. The molecule has 1 aromatic heterocycles. The first-order chi connectivity index (χ1) is 12.0. The number of aromatic nitrogens is 1. The van der Waals surface area contributed by atoms with Gasteiger partial charge in [-0.1, -0.05) is 15.9 Å². The molecular formula is C18H17BrN2O2S2. The topological polar surface area (TPSA) is 70.8 Å². The van der Waals surface area contributed by atoms with Gasteiger partial charge in [0.15, 0.2) is 9.84 Å². The van der Waals surface area contributed by atoms with Crippen molar-refractivity contribution in [1.29, 1.82) is 5.26 Å². The van der Waals surface area contributed by atoms with E-state index < -0.39 is 9.84 Å². The Hall–Kier alpha value is -1.36. The number of aryl methyl sites for hydroxylation is 2. The van der Waals surface area contributed by atoms with Crippen LogP contribution >= 0.6 is 27.7 Å². The first-order valence-corrected chi connectivity index (χ1v) is 11.5. The summed E-state index contributed by atoms with van der Waals surface area (Å²) in [4.78, 5) is 4.94. The van der Waals surface area contributed by atoms with Gasteiger partial charge in [-0.05, 0) is 61.6 Å². The van der Waals surface area contributed by atoms with Crippen molar-refractivity contribution in [2.24, 2.45) is 0 Å². The Morgan fingerprint density at radius 1 is 1.20 bits per heavy atom. The molecule has 1 aliphatic carbocycles. The second kappa shape index (κ2) is 7.90. The van der Waals surface area contributed by atoms with Crippen LogP contribution < -0.4 is 0 Å². The average molecular weight is 437 g/mol. The van der Waals surface area contributed by atoms with E-state index in [4.69, 9.17) is 0 Å². The maximum absolute atomic E-state index is 12.4. The minimum absolute atomic E-state index is 0.0168. The Morgan fingerprint density at radius 2 is 1.92 bits per heavy atom. The third-order valence-electron chi connectivity index (χ3n) is 4.15. The van der Waals surface area contributed by atoms with Crippen molar-refractivity contribution in [2.45, 2.75) is 35.6 Å². The number of hydrogen-bond acceptors (Lipinski definition) is 5. The molecule has 0 spiro atoms. The van der Waals surface area contributed by atoms with Gasteiger partial charge in [0.2, 0.25) is 0 Å². The van der Waals surface area contributed by atoms with Crippen molar-refractivity contribution >= 4 is 37.5 Å². The molecule has 3 rings (SSSR count). The van der Waals surface area contributed by atoms with Gasteiger partial charge in [0.25, 0.3) is 0 Å². The summed E-state index contributed by atoms with van der Waals surface area (Å²) in [5.74, 6) is 0.391. The molecule has 0 atom stereocenters. The van der Waals surface area contributed by atoms with E-state index in [2.05, 4.69) is 27.0 Å². The van der Waals surface area contributed by atoms with Crippen LogP contribution in [0.3, 0.4) is 0 Å². The normalized spacial score (nSPS) is 13.9. The van der Waals surface area contributed by atoms with Gasteiger partial charge in [0.05, 0.1) is 16.2 Å². The lowest BCUT2D eigenvalue weighted by molar-refractivity contribution is 0.597. The van der Waals surface area contributed by atoms with Crippen LogP contribution in [0.2, 0.25) is 0 Å². The van der Waals surface area contributed by atoms with Gasteiger partial charge in [0.1, 0.15) is 11.1 Å². The number of rotatable bonds is 5. The second-order valence-corrected chi connectivity index (χ2v) is 10.00. The van der Waals surface area contributed by atoms with Gasteiger partial charge in [-0.2, -0.15) is 5.26 Å². The number of fused-ring (bicyclic) bond motifs is 1. The van der Waals surface area contributed by atoms with Crippen LogP contribution in [0, 0.1) is 11.3 Å². The van der Waals surface area contributed by atoms with E-state index in [1.165, 1.54) is 11.8 Å². The van der Waals surface area contributed by atoms with Gasteiger partial charge in [-0.3, -0.25) is 0 Å². The maximum Gasteiger partial charge on any atom is 0.179 e. The van der Waals surface area contributed by atoms with Gasteiger partial charge in [-0.25, -0.2) is 13.4 Å². The molecule has 0 fully saturated rings. The summed E-state index contributed by atoms with van der Waals surface area (Å²) in [6.45, 7) is 0. The van der Waals surface area contributed by atoms with E-state index in [9.17, 15) is 13.7 Å². The van der Waals surface area contributed by atoms with Gasteiger partial charge < -0.3 is 0 Å². The first-order valence-electron chi connectivity index (χ1n) is 8.03. The Kier molecular flexibility index (Phi) is 5.82.